The molecule has 272 valence electrons. The Morgan fingerprint density at radius 1 is 0.854 bits per heavy atom. The lowest BCUT2D eigenvalue weighted by Crippen LogP contribution is -2.63. The van der Waals surface area contributed by atoms with Crippen LogP contribution < -0.4 is 0 Å². The van der Waals surface area contributed by atoms with Crippen LogP contribution >= 0.6 is 0 Å². The van der Waals surface area contributed by atoms with Crippen LogP contribution in [0.4, 0.5) is 0 Å². The van der Waals surface area contributed by atoms with Crippen LogP contribution in [0.2, 0.25) is 0 Å². The van der Waals surface area contributed by atoms with Gasteiger partial charge in [0.2, 0.25) is 0 Å². The molecule has 3 aliphatic heterocycles. The summed E-state index contributed by atoms with van der Waals surface area (Å²) in [5.74, 6) is 0.758. The first-order chi connectivity index (χ1) is 22.7. The van der Waals surface area contributed by atoms with Crippen LogP contribution in [-0.2, 0) is 28.5 Å². The van der Waals surface area contributed by atoms with Crippen molar-refractivity contribution in [2.45, 2.75) is 152 Å². The molecule has 0 aromatic carbocycles. The predicted molar refractivity (Wildman–Crippen MR) is 166 cm³/mol. The third kappa shape index (κ3) is 5.51. The summed E-state index contributed by atoms with van der Waals surface area (Å²) in [6, 6.07) is 0. The topological polar surface area (TPSA) is 205 Å². The number of hydrogen-bond acceptors (Lipinski definition) is 13. The van der Waals surface area contributed by atoms with Gasteiger partial charge in [-0.1, -0.05) is 13.8 Å². The van der Waals surface area contributed by atoms with Crippen molar-refractivity contribution in [2.24, 2.45) is 34.5 Å². The third-order valence-electron chi connectivity index (χ3n) is 14.2. The quantitative estimate of drug-likeness (QED) is 0.149. The fourth-order valence-electron chi connectivity index (χ4n) is 11.3. The first-order valence-electron chi connectivity index (χ1n) is 17.9. The van der Waals surface area contributed by atoms with Crippen molar-refractivity contribution in [3.8, 4) is 0 Å². The number of cyclic esters (lactones) is 1. The van der Waals surface area contributed by atoms with Crippen LogP contribution in [0.5, 0.6) is 0 Å². The summed E-state index contributed by atoms with van der Waals surface area (Å²) >= 11 is 0. The summed E-state index contributed by atoms with van der Waals surface area (Å²) in [6.45, 7) is 6.21. The predicted octanol–water partition coefficient (Wildman–Crippen LogP) is 0.280. The van der Waals surface area contributed by atoms with Gasteiger partial charge in [0.05, 0.1) is 24.4 Å². The average Bonchev–Trinajstić information content (AvgIpc) is 3.60. The molecule has 7 aliphatic rings. The second-order valence-electron chi connectivity index (χ2n) is 16.3. The number of aliphatic hydroxyl groups is 7. The smallest absolute Gasteiger partial charge is 0.331 e. The van der Waals surface area contributed by atoms with Crippen molar-refractivity contribution in [1.82, 2.24) is 0 Å². The minimum atomic E-state index is -1.58. The van der Waals surface area contributed by atoms with Gasteiger partial charge in [-0.3, -0.25) is 0 Å². The van der Waals surface area contributed by atoms with Crippen molar-refractivity contribution in [2.75, 3.05) is 13.2 Å². The second-order valence-corrected chi connectivity index (χ2v) is 16.3. The maximum Gasteiger partial charge on any atom is 0.331 e. The summed E-state index contributed by atoms with van der Waals surface area (Å²) in [6.07, 6.45) is -4.10. The second kappa shape index (κ2) is 12.8. The lowest BCUT2D eigenvalue weighted by atomic mass is 9.43. The summed E-state index contributed by atoms with van der Waals surface area (Å²) in [7, 11) is 0. The molecule has 48 heavy (non-hydrogen) atoms. The van der Waals surface area contributed by atoms with Crippen LogP contribution in [0.15, 0.2) is 11.6 Å². The van der Waals surface area contributed by atoms with E-state index in [2.05, 4.69) is 13.8 Å². The van der Waals surface area contributed by atoms with Gasteiger partial charge >= 0.3 is 5.97 Å². The molecule has 0 spiro atoms. The minimum Gasteiger partial charge on any atom is -0.458 e. The molecule has 8 unspecified atom stereocenters. The number of rotatable bonds is 6. The van der Waals surface area contributed by atoms with Gasteiger partial charge < -0.3 is 59.4 Å². The molecule has 0 bridgehead atoms. The highest BCUT2D eigenvalue weighted by Gasteiger charge is 2.68. The molecule has 13 heteroatoms. The molecule has 0 aromatic rings. The van der Waals surface area contributed by atoms with Crippen molar-refractivity contribution < 1.29 is 64.2 Å². The summed E-state index contributed by atoms with van der Waals surface area (Å²) in [4.78, 5) is 11.9. The van der Waals surface area contributed by atoms with E-state index < -0.39 is 67.0 Å². The SMILES string of the molecule is CC1O[C@H](O)C(O)C(O)[C@H]1OCC1O[C@@H](O[C@H]2CC[C@]3(C)C4CC[C@]5(C)[C@@H](C6=CC(=O)OC6)CC[C@]5(O)C4CC[C@H]3C2)C(O)C(O)[C@H]1O. The third-order valence-corrected chi connectivity index (χ3v) is 14.2. The normalized spacial score (nSPS) is 55.3. The van der Waals surface area contributed by atoms with Gasteiger partial charge in [-0.25, -0.2) is 4.79 Å². The highest BCUT2D eigenvalue weighted by molar-refractivity contribution is 5.85. The van der Waals surface area contributed by atoms with Gasteiger partial charge in [-0.05, 0) is 99.4 Å². The van der Waals surface area contributed by atoms with Gasteiger partial charge in [0, 0.05) is 11.5 Å². The highest BCUT2D eigenvalue weighted by Crippen LogP contribution is 2.70. The number of ether oxygens (including phenoxy) is 5. The molecule has 7 rings (SSSR count). The first-order valence-corrected chi connectivity index (χ1v) is 17.9. The molecule has 18 atom stereocenters. The Bertz CT molecular complexity index is 1250. The number of aliphatic hydroxyl groups excluding tert-OH is 6. The molecule has 7 N–H and O–H groups in total. The van der Waals surface area contributed by atoms with Crippen molar-refractivity contribution in [3.63, 3.8) is 0 Å². The van der Waals surface area contributed by atoms with Crippen molar-refractivity contribution in [1.29, 1.82) is 0 Å². The molecule has 3 heterocycles. The Balaban J connectivity index is 0.987. The zero-order valence-corrected chi connectivity index (χ0v) is 28.1. The van der Waals surface area contributed by atoms with Gasteiger partial charge in [0.15, 0.2) is 12.6 Å². The largest absolute Gasteiger partial charge is 0.458 e. The lowest BCUT2D eigenvalue weighted by molar-refractivity contribution is -0.328. The Labute approximate surface area is 281 Å². The van der Waals surface area contributed by atoms with Crippen LogP contribution in [-0.4, -0.2) is 128 Å². The molecule has 6 fully saturated rings. The fraction of sp³-hybridized carbons (Fsp3) is 0.914. The van der Waals surface area contributed by atoms with E-state index in [1.165, 1.54) is 0 Å². The molecule has 4 aliphatic carbocycles. The summed E-state index contributed by atoms with van der Waals surface area (Å²) in [5, 5.41) is 74.9. The van der Waals surface area contributed by atoms with E-state index in [0.29, 0.717) is 18.4 Å². The summed E-state index contributed by atoms with van der Waals surface area (Å²) in [5.41, 5.74) is -0.0437. The van der Waals surface area contributed by atoms with Gasteiger partial charge in [0.1, 0.15) is 49.3 Å². The number of carbonyl (C=O) groups excluding carboxylic acids is 1. The zero-order chi connectivity index (χ0) is 34.3. The Hall–Kier alpha value is -1.23. The maximum atomic E-state index is 12.5. The van der Waals surface area contributed by atoms with Crippen LogP contribution in [0.25, 0.3) is 0 Å². The van der Waals surface area contributed by atoms with Crippen LogP contribution in [0.3, 0.4) is 0 Å². The van der Waals surface area contributed by atoms with E-state index in [-0.39, 0.29) is 41.3 Å². The van der Waals surface area contributed by atoms with Crippen molar-refractivity contribution in [3.05, 3.63) is 11.6 Å². The molecule has 2 saturated heterocycles. The van der Waals surface area contributed by atoms with E-state index in [9.17, 15) is 40.5 Å². The van der Waals surface area contributed by atoms with Gasteiger partial charge in [0.25, 0.3) is 0 Å². The molecule has 0 aromatic heterocycles. The molecule has 13 nitrogen and oxygen atoms in total. The molecular formula is C35H54O13. The molecule has 0 amide bonds. The molecule has 4 saturated carbocycles. The van der Waals surface area contributed by atoms with Crippen molar-refractivity contribution >= 4 is 5.97 Å². The average molecular weight is 683 g/mol. The number of fused-ring (bicyclic) bond motifs is 5. The monoisotopic (exact) mass is 682 g/mol. The summed E-state index contributed by atoms with van der Waals surface area (Å²) < 4.78 is 28.5. The highest BCUT2D eigenvalue weighted by atomic mass is 16.7. The fourth-order valence-corrected chi connectivity index (χ4v) is 11.3. The standard InChI is InChI=1S/C35H54O13/c1-16-30(27(39)28(40)31(42)46-16)45-15-23-25(37)26(38)29(41)32(48-23)47-19-6-9-33(2)18(13-19)4-5-22-21(33)7-10-34(3)20(8-11-35(22,34)43)17-12-24(36)44-14-17/h12,16,18-23,25-32,37-43H,4-11,13-15H2,1-3H3/t16?,18-,19-,20+,21?,22?,23?,25-,26?,27?,28?,29?,30-,31-,32+,33-,34+,35-/m0/s1. The van der Waals surface area contributed by atoms with E-state index in [1.54, 1.807) is 13.0 Å². The van der Waals surface area contributed by atoms with E-state index in [1.807, 2.05) is 0 Å². The van der Waals surface area contributed by atoms with Gasteiger partial charge in [-0.15, -0.1) is 0 Å². The number of hydrogen-bond donors (Lipinski definition) is 7. The first kappa shape index (κ1) is 35.2. The van der Waals surface area contributed by atoms with E-state index in [4.69, 9.17) is 23.7 Å². The maximum absolute atomic E-state index is 12.5. The number of carbonyl (C=O) groups is 1. The Morgan fingerprint density at radius 3 is 2.35 bits per heavy atom. The number of esters is 1. The zero-order valence-electron chi connectivity index (χ0n) is 28.1. The Kier molecular flexibility index (Phi) is 9.36. The van der Waals surface area contributed by atoms with Gasteiger partial charge in [-0.2, -0.15) is 0 Å². The Morgan fingerprint density at radius 2 is 1.62 bits per heavy atom. The molecule has 0 radical (unpaired) electrons. The lowest BCUT2D eigenvalue weighted by Gasteiger charge is -2.64. The van der Waals surface area contributed by atoms with Crippen LogP contribution in [0.1, 0.15) is 78.6 Å². The van der Waals surface area contributed by atoms with E-state index in [0.717, 1.165) is 63.4 Å². The van der Waals surface area contributed by atoms with Crippen LogP contribution in [0, 0.1) is 34.5 Å². The van der Waals surface area contributed by atoms with E-state index >= 15 is 0 Å². The minimum absolute atomic E-state index is 0.0134. The molecular weight excluding hydrogens is 628 g/mol.